The van der Waals surface area contributed by atoms with E-state index >= 15 is 0 Å². The fourth-order valence-corrected chi connectivity index (χ4v) is 4.85. The zero-order valence-corrected chi connectivity index (χ0v) is 20.6. The molecule has 1 saturated heterocycles. The van der Waals surface area contributed by atoms with Crippen LogP contribution in [-0.2, 0) is 22.5 Å². The molecule has 34 heavy (non-hydrogen) atoms. The second-order valence-electron chi connectivity index (χ2n) is 8.15. The molecule has 1 fully saturated rings. The minimum atomic E-state index is 0.0301. The Hall–Kier alpha value is -3.10. The van der Waals surface area contributed by atoms with Gasteiger partial charge in [-0.3, -0.25) is 4.79 Å². The highest BCUT2D eigenvalue weighted by Gasteiger charge is 2.24. The van der Waals surface area contributed by atoms with E-state index in [9.17, 15) is 4.79 Å². The van der Waals surface area contributed by atoms with Crippen molar-refractivity contribution in [3.8, 4) is 27.8 Å². The van der Waals surface area contributed by atoms with Crippen molar-refractivity contribution in [1.82, 2.24) is 9.88 Å². The summed E-state index contributed by atoms with van der Waals surface area (Å²) in [6, 6.07) is 13.5. The second-order valence-corrected chi connectivity index (χ2v) is 9.01. The van der Waals surface area contributed by atoms with Gasteiger partial charge in [-0.2, -0.15) is 0 Å². The Labute approximate surface area is 204 Å². The van der Waals surface area contributed by atoms with Crippen molar-refractivity contribution in [2.75, 3.05) is 34.5 Å². The monoisotopic (exact) mass is 482 g/mol. The van der Waals surface area contributed by atoms with Crippen molar-refractivity contribution in [2.24, 2.45) is 0 Å². The van der Waals surface area contributed by atoms with E-state index in [1.165, 1.54) is 11.3 Å². The van der Waals surface area contributed by atoms with Gasteiger partial charge in [-0.1, -0.05) is 12.1 Å². The topological polar surface area (TPSA) is 70.1 Å². The summed E-state index contributed by atoms with van der Waals surface area (Å²) in [5.74, 6) is 2.12. The van der Waals surface area contributed by atoms with Crippen LogP contribution in [0.1, 0.15) is 24.1 Å². The number of methoxy groups -OCH3 is 3. The molecule has 1 aromatic heterocycles. The molecule has 7 nitrogen and oxygen atoms in total. The molecule has 0 N–H and O–H groups in total. The number of nitrogens with zero attached hydrogens (tertiary/aromatic N) is 2. The number of aromatic nitrogens is 1. The lowest BCUT2D eigenvalue weighted by atomic mass is 10.1. The van der Waals surface area contributed by atoms with E-state index < -0.39 is 0 Å². The van der Waals surface area contributed by atoms with Gasteiger partial charge >= 0.3 is 0 Å². The van der Waals surface area contributed by atoms with Crippen LogP contribution in [-0.4, -0.2) is 56.4 Å². The third-order valence-electron chi connectivity index (χ3n) is 5.82. The summed E-state index contributed by atoms with van der Waals surface area (Å²) in [5.41, 5.74) is 2.70. The Balaban J connectivity index is 1.49. The minimum absolute atomic E-state index is 0.0301. The number of ether oxygens (including phenoxy) is 4. The summed E-state index contributed by atoms with van der Waals surface area (Å²) in [5, 5.41) is 2.78. The summed E-state index contributed by atoms with van der Waals surface area (Å²) in [6.07, 6.45) is 2.32. The lowest BCUT2D eigenvalue weighted by molar-refractivity contribution is -0.132. The number of amides is 1. The van der Waals surface area contributed by atoms with Gasteiger partial charge in [0.25, 0.3) is 0 Å². The first kappa shape index (κ1) is 24.0. The van der Waals surface area contributed by atoms with E-state index in [0.717, 1.165) is 47.0 Å². The highest BCUT2D eigenvalue weighted by atomic mass is 32.1. The Morgan fingerprint density at radius 2 is 1.97 bits per heavy atom. The molecule has 1 aliphatic rings. The van der Waals surface area contributed by atoms with E-state index in [0.29, 0.717) is 24.6 Å². The maximum Gasteiger partial charge on any atom is 0.229 e. The Kier molecular flexibility index (Phi) is 8.03. The first-order chi connectivity index (χ1) is 16.6. The first-order valence-corrected chi connectivity index (χ1v) is 12.2. The number of carbonyl (C=O) groups excluding carboxylic acids is 1. The van der Waals surface area contributed by atoms with Gasteiger partial charge in [-0.25, -0.2) is 4.98 Å². The van der Waals surface area contributed by atoms with Crippen LogP contribution in [0.15, 0.2) is 47.8 Å². The lowest BCUT2D eigenvalue weighted by Crippen LogP contribution is -2.37. The quantitative estimate of drug-likeness (QED) is 0.421. The Bertz CT molecular complexity index is 1110. The number of hydrogen-bond donors (Lipinski definition) is 0. The number of thiazole rings is 1. The molecular formula is C26H30N2O5S. The normalized spacial score (nSPS) is 15.2. The van der Waals surface area contributed by atoms with Crippen molar-refractivity contribution in [3.05, 3.63) is 59.1 Å². The zero-order valence-electron chi connectivity index (χ0n) is 19.8. The van der Waals surface area contributed by atoms with Gasteiger partial charge in [0.1, 0.15) is 10.8 Å². The van der Waals surface area contributed by atoms with E-state index in [-0.39, 0.29) is 18.4 Å². The van der Waals surface area contributed by atoms with Crippen LogP contribution in [0.2, 0.25) is 0 Å². The summed E-state index contributed by atoms with van der Waals surface area (Å²) in [7, 11) is 4.86. The number of rotatable bonds is 10. The van der Waals surface area contributed by atoms with Crippen LogP contribution in [0.4, 0.5) is 0 Å². The highest BCUT2D eigenvalue weighted by molar-refractivity contribution is 7.13. The van der Waals surface area contributed by atoms with Gasteiger partial charge in [0.2, 0.25) is 5.91 Å². The maximum atomic E-state index is 13.4. The maximum absolute atomic E-state index is 13.4. The number of carbonyl (C=O) groups is 1. The van der Waals surface area contributed by atoms with Crippen molar-refractivity contribution in [1.29, 1.82) is 0 Å². The molecule has 2 heterocycles. The summed E-state index contributed by atoms with van der Waals surface area (Å²) < 4.78 is 21.9. The molecule has 0 aliphatic carbocycles. The number of hydrogen-bond acceptors (Lipinski definition) is 7. The van der Waals surface area contributed by atoms with Crippen LogP contribution in [0, 0.1) is 0 Å². The van der Waals surface area contributed by atoms with E-state index in [2.05, 4.69) is 0 Å². The molecule has 0 spiro atoms. The van der Waals surface area contributed by atoms with E-state index in [4.69, 9.17) is 23.9 Å². The van der Waals surface area contributed by atoms with Crippen LogP contribution in [0.25, 0.3) is 10.6 Å². The largest absolute Gasteiger partial charge is 0.497 e. The molecule has 1 unspecified atom stereocenters. The minimum Gasteiger partial charge on any atom is -0.497 e. The van der Waals surface area contributed by atoms with Crippen LogP contribution < -0.4 is 14.2 Å². The molecule has 8 heteroatoms. The van der Waals surface area contributed by atoms with Gasteiger partial charge in [-0.05, 0) is 48.7 Å². The molecule has 180 valence electrons. The van der Waals surface area contributed by atoms with Crippen molar-refractivity contribution >= 4 is 17.2 Å². The molecule has 4 rings (SSSR count). The standard InChI is InChI=1S/C26H30N2O5S/c1-30-21-7-4-6-18(12-21)15-28(16-22-8-5-11-33-22)25(29)14-20-17-34-26(27-20)19-9-10-23(31-2)24(13-19)32-3/h4,6-7,9-10,12-13,17,22H,5,8,11,14-16H2,1-3H3. The number of benzene rings is 2. The molecule has 1 atom stereocenters. The average molecular weight is 483 g/mol. The SMILES string of the molecule is COc1cccc(CN(CC2CCCO2)C(=O)Cc2csc(-c3ccc(OC)c(OC)c3)n2)c1. The fourth-order valence-electron chi connectivity index (χ4n) is 4.04. The molecule has 1 aliphatic heterocycles. The van der Waals surface area contributed by atoms with Gasteiger partial charge in [-0.15, -0.1) is 11.3 Å². The van der Waals surface area contributed by atoms with E-state index in [1.54, 1.807) is 21.3 Å². The van der Waals surface area contributed by atoms with Gasteiger partial charge in [0.15, 0.2) is 11.5 Å². The van der Waals surface area contributed by atoms with Crippen molar-refractivity contribution in [3.63, 3.8) is 0 Å². The van der Waals surface area contributed by atoms with Crippen LogP contribution in [0.3, 0.4) is 0 Å². The Morgan fingerprint density at radius 3 is 2.71 bits per heavy atom. The fraction of sp³-hybridized carbons (Fsp3) is 0.385. The molecular weight excluding hydrogens is 452 g/mol. The molecule has 1 amide bonds. The van der Waals surface area contributed by atoms with Crippen LogP contribution >= 0.6 is 11.3 Å². The summed E-state index contributed by atoms with van der Waals surface area (Å²) in [6.45, 7) is 1.83. The summed E-state index contributed by atoms with van der Waals surface area (Å²) in [4.78, 5) is 20.0. The van der Waals surface area contributed by atoms with Crippen molar-refractivity contribution < 1.29 is 23.7 Å². The molecule has 0 radical (unpaired) electrons. The van der Waals surface area contributed by atoms with Crippen LogP contribution in [0.5, 0.6) is 17.2 Å². The Morgan fingerprint density at radius 1 is 1.12 bits per heavy atom. The molecule has 0 bridgehead atoms. The third kappa shape index (κ3) is 5.87. The van der Waals surface area contributed by atoms with E-state index in [1.807, 2.05) is 52.7 Å². The van der Waals surface area contributed by atoms with Crippen molar-refractivity contribution in [2.45, 2.75) is 31.9 Å². The zero-order chi connectivity index (χ0) is 23.9. The molecule has 0 saturated carbocycles. The third-order valence-corrected chi connectivity index (χ3v) is 6.76. The van der Waals surface area contributed by atoms with Gasteiger partial charge in [0, 0.05) is 30.6 Å². The second kappa shape index (κ2) is 11.4. The highest BCUT2D eigenvalue weighted by Crippen LogP contribution is 2.33. The molecule has 2 aromatic carbocycles. The lowest BCUT2D eigenvalue weighted by Gasteiger charge is -2.25. The van der Waals surface area contributed by atoms with Gasteiger partial charge in [0.05, 0.1) is 39.5 Å². The molecule has 3 aromatic rings. The predicted octanol–water partition coefficient (Wildman–Crippen LogP) is 4.59. The first-order valence-electron chi connectivity index (χ1n) is 11.3. The predicted molar refractivity (Wildman–Crippen MR) is 132 cm³/mol. The average Bonchev–Trinajstić information content (AvgIpc) is 3.55. The van der Waals surface area contributed by atoms with Gasteiger partial charge < -0.3 is 23.8 Å². The summed E-state index contributed by atoms with van der Waals surface area (Å²) >= 11 is 1.51. The smallest absolute Gasteiger partial charge is 0.229 e.